The van der Waals surface area contributed by atoms with Crippen molar-refractivity contribution >= 4 is 5.91 Å². The van der Waals surface area contributed by atoms with Crippen LogP contribution in [0.5, 0.6) is 0 Å². The summed E-state index contributed by atoms with van der Waals surface area (Å²) in [4.78, 5) is 22.6. The number of pyridine rings is 1. The number of amides is 1. The Morgan fingerprint density at radius 1 is 1.22 bits per heavy atom. The Hall–Kier alpha value is -2.32. The molecular formula is C15H17N5O3. The Bertz CT molecular complexity index is 687. The monoisotopic (exact) mass is 315 g/mol. The van der Waals surface area contributed by atoms with Crippen molar-refractivity contribution in [2.75, 3.05) is 26.3 Å². The Morgan fingerprint density at radius 2 is 2.00 bits per heavy atom. The number of hydrogen-bond acceptors (Lipinski definition) is 6. The molecule has 2 saturated heterocycles. The fourth-order valence-corrected chi connectivity index (χ4v) is 3.02. The first kappa shape index (κ1) is 14.3. The van der Waals surface area contributed by atoms with Crippen LogP contribution in [-0.4, -0.2) is 62.6 Å². The molecule has 8 nitrogen and oxygen atoms in total. The molecular weight excluding hydrogens is 298 g/mol. The van der Waals surface area contributed by atoms with Crippen LogP contribution >= 0.6 is 0 Å². The molecule has 0 aromatic carbocycles. The van der Waals surface area contributed by atoms with Gasteiger partial charge in [-0.25, -0.2) is 14.6 Å². The minimum Gasteiger partial charge on any atom is -0.347 e. The quantitative estimate of drug-likeness (QED) is 0.809. The molecule has 2 aliphatic rings. The minimum absolute atomic E-state index is 0.0124. The number of aromatic nitrogens is 4. The number of likely N-dealkylation sites (tertiary alicyclic amines) is 1. The van der Waals surface area contributed by atoms with Gasteiger partial charge in [0.15, 0.2) is 11.6 Å². The minimum atomic E-state index is -0.471. The molecule has 120 valence electrons. The summed E-state index contributed by atoms with van der Waals surface area (Å²) in [5, 5.41) is 4.03. The number of carbonyl (C=O) groups excluding carboxylic acids is 1. The lowest BCUT2D eigenvalue weighted by Gasteiger charge is -2.37. The molecule has 2 fully saturated rings. The number of piperidine rings is 1. The first-order chi connectivity index (χ1) is 11.3. The van der Waals surface area contributed by atoms with Gasteiger partial charge in [-0.1, -0.05) is 0 Å². The second-order valence-corrected chi connectivity index (χ2v) is 5.64. The molecule has 0 bridgehead atoms. The van der Waals surface area contributed by atoms with Crippen molar-refractivity contribution < 1.29 is 14.3 Å². The summed E-state index contributed by atoms with van der Waals surface area (Å²) in [5.41, 5.74) is 0.592. The number of carbonyl (C=O) groups is 1. The van der Waals surface area contributed by atoms with Gasteiger partial charge in [-0.05, 0) is 12.1 Å². The van der Waals surface area contributed by atoms with E-state index in [1.54, 1.807) is 24.7 Å². The number of ether oxygens (including phenoxy) is 2. The largest absolute Gasteiger partial charge is 0.347 e. The lowest BCUT2D eigenvalue weighted by atomic mass is 10.0. The molecule has 0 saturated carbocycles. The van der Waals surface area contributed by atoms with Crippen LogP contribution in [0.1, 0.15) is 23.2 Å². The molecule has 2 aromatic rings. The second kappa shape index (κ2) is 5.71. The molecule has 0 N–H and O–H groups in total. The number of hydrogen-bond donors (Lipinski definition) is 0. The summed E-state index contributed by atoms with van der Waals surface area (Å²) < 4.78 is 12.9. The molecule has 0 unspecified atom stereocenters. The van der Waals surface area contributed by atoms with Crippen LogP contribution in [0.3, 0.4) is 0 Å². The van der Waals surface area contributed by atoms with E-state index in [2.05, 4.69) is 15.1 Å². The average molecular weight is 315 g/mol. The third-order valence-electron chi connectivity index (χ3n) is 4.27. The van der Waals surface area contributed by atoms with Gasteiger partial charge in [-0.3, -0.25) is 4.79 Å². The van der Waals surface area contributed by atoms with Gasteiger partial charge in [-0.2, -0.15) is 5.10 Å². The molecule has 1 spiro atoms. The van der Waals surface area contributed by atoms with Crippen LogP contribution in [0.2, 0.25) is 0 Å². The SMILES string of the molecule is O=C(c1ccnc(-n2cncn2)c1)N1CCC2(CC1)OCCO2. The average Bonchev–Trinajstić information content (AvgIpc) is 3.28. The van der Waals surface area contributed by atoms with Crippen molar-refractivity contribution in [2.45, 2.75) is 18.6 Å². The summed E-state index contributed by atoms with van der Waals surface area (Å²) in [6.45, 7) is 2.53. The van der Waals surface area contributed by atoms with E-state index in [-0.39, 0.29) is 5.91 Å². The standard InChI is InChI=1S/C15H17N5O3/c21-14(19-5-2-15(3-6-19)22-7-8-23-15)12-1-4-17-13(9-12)20-11-16-10-18-20/h1,4,9-11H,2-3,5-8H2. The zero-order valence-corrected chi connectivity index (χ0v) is 12.6. The van der Waals surface area contributed by atoms with Gasteiger partial charge in [0.05, 0.1) is 13.2 Å². The van der Waals surface area contributed by atoms with Crippen molar-refractivity contribution in [1.29, 1.82) is 0 Å². The third-order valence-corrected chi connectivity index (χ3v) is 4.27. The number of rotatable bonds is 2. The molecule has 4 heterocycles. The second-order valence-electron chi connectivity index (χ2n) is 5.64. The van der Waals surface area contributed by atoms with Crippen LogP contribution in [-0.2, 0) is 9.47 Å². The Labute approximate surface area is 133 Å². The van der Waals surface area contributed by atoms with Crippen LogP contribution in [0.15, 0.2) is 31.0 Å². The van der Waals surface area contributed by atoms with Gasteiger partial charge < -0.3 is 14.4 Å². The zero-order chi connectivity index (χ0) is 15.7. The summed E-state index contributed by atoms with van der Waals surface area (Å²) in [6.07, 6.45) is 6.01. The van der Waals surface area contributed by atoms with Gasteiger partial charge >= 0.3 is 0 Å². The van der Waals surface area contributed by atoms with E-state index in [1.165, 1.54) is 11.0 Å². The van der Waals surface area contributed by atoms with Gasteiger partial charge in [0.2, 0.25) is 0 Å². The highest BCUT2D eigenvalue weighted by atomic mass is 16.7. The predicted molar refractivity (Wildman–Crippen MR) is 78.9 cm³/mol. The zero-order valence-electron chi connectivity index (χ0n) is 12.6. The van der Waals surface area contributed by atoms with E-state index in [1.807, 2.05) is 4.90 Å². The summed E-state index contributed by atoms with van der Waals surface area (Å²) in [5.74, 6) is 0.0897. The van der Waals surface area contributed by atoms with Gasteiger partial charge in [0.25, 0.3) is 5.91 Å². The highest BCUT2D eigenvalue weighted by Crippen LogP contribution is 2.31. The maximum atomic E-state index is 12.7. The molecule has 8 heteroatoms. The molecule has 2 aromatic heterocycles. The van der Waals surface area contributed by atoms with E-state index < -0.39 is 5.79 Å². The van der Waals surface area contributed by atoms with E-state index in [0.717, 1.165) is 0 Å². The first-order valence-electron chi connectivity index (χ1n) is 7.64. The Morgan fingerprint density at radius 3 is 2.70 bits per heavy atom. The molecule has 4 rings (SSSR count). The van der Waals surface area contributed by atoms with Crippen LogP contribution in [0.4, 0.5) is 0 Å². The van der Waals surface area contributed by atoms with Gasteiger partial charge in [0.1, 0.15) is 12.7 Å². The smallest absolute Gasteiger partial charge is 0.254 e. The normalized spacial score (nSPS) is 20.1. The summed E-state index contributed by atoms with van der Waals surface area (Å²) >= 11 is 0. The molecule has 0 radical (unpaired) electrons. The number of nitrogens with zero attached hydrogens (tertiary/aromatic N) is 5. The lowest BCUT2D eigenvalue weighted by Crippen LogP contribution is -2.47. The molecule has 0 atom stereocenters. The molecule has 1 amide bonds. The van der Waals surface area contributed by atoms with E-state index in [0.29, 0.717) is 50.5 Å². The van der Waals surface area contributed by atoms with Gasteiger partial charge in [0, 0.05) is 37.7 Å². The van der Waals surface area contributed by atoms with Crippen molar-refractivity contribution in [2.24, 2.45) is 0 Å². The maximum Gasteiger partial charge on any atom is 0.254 e. The fraction of sp³-hybridized carbons (Fsp3) is 0.467. The van der Waals surface area contributed by atoms with Crippen LogP contribution < -0.4 is 0 Å². The summed E-state index contributed by atoms with van der Waals surface area (Å²) in [6, 6.07) is 3.44. The maximum absolute atomic E-state index is 12.7. The third kappa shape index (κ3) is 2.71. The predicted octanol–water partition coefficient (Wildman–Crippen LogP) is 0.641. The Kier molecular flexibility index (Phi) is 3.55. The topological polar surface area (TPSA) is 82.4 Å². The van der Waals surface area contributed by atoms with Crippen LogP contribution in [0, 0.1) is 0 Å². The van der Waals surface area contributed by atoms with Gasteiger partial charge in [-0.15, -0.1) is 0 Å². The highest BCUT2D eigenvalue weighted by molar-refractivity contribution is 5.94. The molecule has 2 aliphatic heterocycles. The van der Waals surface area contributed by atoms with E-state index in [9.17, 15) is 4.79 Å². The van der Waals surface area contributed by atoms with Crippen molar-refractivity contribution in [1.82, 2.24) is 24.6 Å². The molecule has 0 aliphatic carbocycles. The highest BCUT2D eigenvalue weighted by Gasteiger charge is 2.40. The summed E-state index contributed by atoms with van der Waals surface area (Å²) in [7, 11) is 0. The van der Waals surface area contributed by atoms with E-state index >= 15 is 0 Å². The van der Waals surface area contributed by atoms with Crippen LogP contribution in [0.25, 0.3) is 5.82 Å². The van der Waals surface area contributed by atoms with Crippen molar-refractivity contribution in [3.63, 3.8) is 0 Å². The van der Waals surface area contributed by atoms with Crippen molar-refractivity contribution in [3.05, 3.63) is 36.5 Å². The Balaban J connectivity index is 1.48. The first-order valence-corrected chi connectivity index (χ1v) is 7.64. The lowest BCUT2D eigenvalue weighted by molar-refractivity contribution is -0.181. The van der Waals surface area contributed by atoms with E-state index in [4.69, 9.17) is 9.47 Å². The fourth-order valence-electron chi connectivity index (χ4n) is 3.02. The van der Waals surface area contributed by atoms with Crippen molar-refractivity contribution in [3.8, 4) is 5.82 Å². The molecule has 23 heavy (non-hydrogen) atoms.